The van der Waals surface area contributed by atoms with E-state index in [-0.39, 0.29) is 25.9 Å². The van der Waals surface area contributed by atoms with Gasteiger partial charge in [0.25, 0.3) is 17.9 Å². The molecule has 0 unspecified atom stereocenters. The van der Waals surface area contributed by atoms with Crippen LogP contribution in [0.1, 0.15) is 47.0 Å². The van der Waals surface area contributed by atoms with Gasteiger partial charge in [-0.25, -0.2) is 0 Å². The molecule has 0 rings (SSSR count). The van der Waals surface area contributed by atoms with Crippen LogP contribution in [0.4, 0.5) is 0 Å². The Morgan fingerprint density at radius 3 is 1.26 bits per heavy atom. The van der Waals surface area contributed by atoms with Crippen molar-refractivity contribution in [3.05, 3.63) is 0 Å². The highest BCUT2D eigenvalue weighted by molar-refractivity contribution is 6.59. The first kappa shape index (κ1) is 17.6. The summed E-state index contributed by atoms with van der Waals surface area (Å²) in [5.74, 6) is -1.98. The lowest BCUT2D eigenvalue weighted by molar-refractivity contribution is -0.158. The van der Waals surface area contributed by atoms with Gasteiger partial charge < -0.3 is 17.7 Å². The molecule has 0 saturated heterocycles. The summed E-state index contributed by atoms with van der Waals surface area (Å²) in [6.45, 7) is 6.39. The molecule has 19 heavy (non-hydrogen) atoms. The van der Waals surface area contributed by atoms with Crippen LogP contribution in [0, 0.1) is 0 Å². The lowest BCUT2D eigenvalue weighted by atomic mass is 10.5. The molecule has 0 heterocycles. The molecule has 0 aromatic heterocycles. The van der Waals surface area contributed by atoms with Gasteiger partial charge in [0.2, 0.25) is 0 Å². The highest BCUT2D eigenvalue weighted by Gasteiger charge is 2.57. The molecule has 7 nitrogen and oxygen atoms in total. The highest BCUT2D eigenvalue weighted by atomic mass is 28.4. The number of hydrogen-bond acceptors (Lipinski definition) is 7. The van der Waals surface area contributed by atoms with Crippen molar-refractivity contribution in [2.45, 2.75) is 47.0 Å². The summed E-state index contributed by atoms with van der Waals surface area (Å²) in [4.78, 5) is 34.2. The van der Waals surface area contributed by atoms with Gasteiger partial charge in [0, 0.05) is 25.9 Å². The molecule has 0 spiro atoms. The topological polar surface area (TPSA) is 88.1 Å². The molecule has 0 amide bonds. The summed E-state index contributed by atoms with van der Waals surface area (Å²) >= 11 is 0. The molecule has 0 fully saturated rings. The van der Waals surface area contributed by atoms with Crippen LogP contribution < -0.4 is 0 Å². The number of hydrogen-bond donors (Lipinski definition) is 0. The fourth-order valence-corrected chi connectivity index (χ4v) is 2.89. The van der Waals surface area contributed by atoms with Crippen LogP contribution in [-0.4, -0.2) is 33.6 Å². The molecule has 110 valence electrons. The zero-order valence-electron chi connectivity index (χ0n) is 11.7. The SMILES string of the molecule is CCO[Si](OC(=O)CC)(OC(=O)CC)OC(=O)CC. The maximum Gasteiger partial charge on any atom is 0.899 e. The van der Waals surface area contributed by atoms with Gasteiger partial charge in [0.15, 0.2) is 0 Å². The molecule has 0 N–H and O–H groups in total. The molecule has 0 aromatic carbocycles. The molecular formula is C11H20O7Si. The van der Waals surface area contributed by atoms with Crippen molar-refractivity contribution in [3.63, 3.8) is 0 Å². The predicted octanol–water partition coefficient (Wildman–Crippen LogP) is 1.32. The third-order valence-electron chi connectivity index (χ3n) is 1.90. The first-order chi connectivity index (χ1) is 8.92. The van der Waals surface area contributed by atoms with E-state index in [9.17, 15) is 14.4 Å². The van der Waals surface area contributed by atoms with Crippen LogP contribution in [0.3, 0.4) is 0 Å². The Morgan fingerprint density at radius 1 is 0.737 bits per heavy atom. The largest absolute Gasteiger partial charge is 0.899 e. The van der Waals surface area contributed by atoms with E-state index in [4.69, 9.17) is 17.7 Å². The van der Waals surface area contributed by atoms with Crippen LogP contribution in [-0.2, 0) is 32.1 Å². The van der Waals surface area contributed by atoms with Crippen molar-refractivity contribution in [3.8, 4) is 0 Å². The monoisotopic (exact) mass is 292 g/mol. The first-order valence-corrected chi connectivity index (χ1v) is 7.85. The number of carbonyl (C=O) groups is 3. The molecule has 0 aliphatic carbocycles. The second-order valence-electron chi connectivity index (χ2n) is 3.42. The predicted molar refractivity (Wildman–Crippen MR) is 66.5 cm³/mol. The van der Waals surface area contributed by atoms with E-state index in [0.29, 0.717) is 0 Å². The molecular weight excluding hydrogens is 272 g/mol. The number of carbonyl (C=O) groups excluding carboxylic acids is 3. The van der Waals surface area contributed by atoms with Crippen LogP contribution >= 0.6 is 0 Å². The average molecular weight is 292 g/mol. The molecule has 0 aliphatic rings. The Bertz CT molecular complexity index is 283. The normalized spacial score (nSPS) is 10.7. The Morgan fingerprint density at radius 2 is 1.05 bits per heavy atom. The van der Waals surface area contributed by atoms with Gasteiger partial charge in [-0.05, 0) is 6.92 Å². The maximum absolute atomic E-state index is 11.4. The minimum absolute atomic E-state index is 0.0508. The fraction of sp³-hybridized carbons (Fsp3) is 0.727. The van der Waals surface area contributed by atoms with Crippen molar-refractivity contribution < 1.29 is 32.1 Å². The van der Waals surface area contributed by atoms with E-state index >= 15 is 0 Å². The molecule has 0 radical (unpaired) electrons. The Kier molecular flexibility index (Phi) is 8.00. The van der Waals surface area contributed by atoms with Gasteiger partial charge in [-0.2, -0.15) is 0 Å². The quantitative estimate of drug-likeness (QED) is 0.623. The zero-order valence-corrected chi connectivity index (χ0v) is 12.7. The minimum atomic E-state index is -4.10. The van der Waals surface area contributed by atoms with Crippen molar-refractivity contribution in [2.24, 2.45) is 0 Å². The van der Waals surface area contributed by atoms with E-state index in [2.05, 4.69) is 0 Å². The third-order valence-corrected chi connectivity index (χ3v) is 3.98. The average Bonchev–Trinajstić information content (AvgIpc) is 2.38. The molecule has 0 aromatic rings. The summed E-state index contributed by atoms with van der Waals surface area (Å²) in [5, 5.41) is 0. The lowest BCUT2D eigenvalue weighted by Gasteiger charge is -2.24. The molecule has 0 saturated carbocycles. The smallest absolute Gasteiger partial charge is 0.433 e. The van der Waals surface area contributed by atoms with E-state index in [0.717, 1.165) is 0 Å². The van der Waals surface area contributed by atoms with Crippen LogP contribution in [0.15, 0.2) is 0 Å². The van der Waals surface area contributed by atoms with Crippen LogP contribution in [0.5, 0.6) is 0 Å². The van der Waals surface area contributed by atoms with E-state index in [1.165, 1.54) is 0 Å². The van der Waals surface area contributed by atoms with Crippen LogP contribution in [0.25, 0.3) is 0 Å². The first-order valence-electron chi connectivity index (χ1n) is 6.22. The lowest BCUT2D eigenvalue weighted by Crippen LogP contribution is -2.53. The van der Waals surface area contributed by atoms with Crippen molar-refractivity contribution in [2.75, 3.05) is 6.61 Å². The standard InChI is InChI=1S/C11H20O7Si/c1-5-9(12)16-19(15-8-4,17-10(13)6-2)18-11(14)7-3/h5-8H2,1-4H3. The van der Waals surface area contributed by atoms with E-state index in [1.54, 1.807) is 27.7 Å². The van der Waals surface area contributed by atoms with Gasteiger partial charge in [-0.3, -0.25) is 14.4 Å². The van der Waals surface area contributed by atoms with Gasteiger partial charge in [0.1, 0.15) is 0 Å². The number of rotatable bonds is 8. The van der Waals surface area contributed by atoms with Crippen molar-refractivity contribution in [1.29, 1.82) is 0 Å². The van der Waals surface area contributed by atoms with Crippen molar-refractivity contribution >= 4 is 27.0 Å². The van der Waals surface area contributed by atoms with Gasteiger partial charge >= 0.3 is 9.05 Å². The summed E-state index contributed by atoms with van der Waals surface area (Å²) in [7, 11) is -4.10. The Balaban J connectivity index is 5.12. The summed E-state index contributed by atoms with van der Waals surface area (Å²) in [6, 6.07) is 0. The van der Waals surface area contributed by atoms with E-state index < -0.39 is 27.0 Å². The second kappa shape index (κ2) is 8.65. The van der Waals surface area contributed by atoms with Gasteiger partial charge in [-0.15, -0.1) is 0 Å². The highest BCUT2D eigenvalue weighted by Crippen LogP contribution is 2.15. The van der Waals surface area contributed by atoms with Crippen LogP contribution in [0.2, 0.25) is 0 Å². The summed E-state index contributed by atoms with van der Waals surface area (Å²) < 4.78 is 20.0. The molecule has 8 heteroatoms. The zero-order chi connectivity index (χ0) is 14.9. The second-order valence-corrected chi connectivity index (χ2v) is 5.32. The Hall–Kier alpha value is -1.41. The van der Waals surface area contributed by atoms with E-state index in [1.807, 2.05) is 0 Å². The maximum atomic E-state index is 11.4. The third kappa shape index (κ3) is 6.34. The van der Waals surface area contributed by atoms with Crippen molar-refractivity contribution in [1.82, 2.24) is 0 Å². The molecule has 0 bridgehead atoms. The summed E-state index contributed by atoms with van der Waals surface area (Å²) in [5.41, 5.74) is 0. The fourth-order valence-electron chi connectivity index (χ4n) is 0.962. The minimum Gasteiger partial charge on any atom is -0.433 e. The van der Waals surface area contributed by atoms with Gasteiger partial charge in [-0.1, -0.05) is 20.8 Å². The van der Waals surface area contributed by atoms with Gasteiger partial charge in [0.05, 0.1) is 0 Å². The molecule has 0 aliphatic heterocycles. The Labute approximate surface area is 113 Å². The molecule has 0 atom stereocenters. The summed E-state index contributed by atoms with van der Waals surface area (Å²) in [6.07, 6.45) is 0.152.